The Morgan fingerprint density at radius 3 is 2.67 bits per heavy atom. The van der Waals surface area contributed by atoms with E-state index >= 15 is 0 Å². The van der Waals surface area contributed by atoms with Crippen molar-refractivity contribution in [3.8, 4) is 5.75 Å². The van der Waals surface area contributed by atoms with E-state index in [2.05, 4.69) is 19.1 Å². The van der Waals surface area contributed by atoms with Crippen LogP contribution in [0.5, 0.6) is 5.75 Å². The number of hydrogen-bond acceptors (Lipinski definition) is 5. The van der Waals surface area contributed by atoms with E-state index in [1.807, 2.05) is 17.1 Å². The average molecular weight is 412 g/mol. The molecule has 2 amide bonds. The van der Waals surface area contributed by atoms with Gasteiger partial charge in [-0.1, -0.05) is 37.3 Å². The standard InChI is InChI=1S/C23H28N2O5/c1-15-4-2-3-5-19(15)20-14-30-21-12-17(22(26)24-28)6-7-18(21)13-25(20)23(27)16-8-10-29-11-9-16/h2-7,12,15-16,19-20,28H,8-11,13-14H2,1H3,(H,24,26)/t15?,19?,20-/m1/s1. The Morgan fingerprint density at radius 1 is 1.17 bits per heavy atom. The summed E-state index contributed by atoms with van der Waals surface area (Å²) in [5.74, 6) is 0.518. The summed E-state index contributed by atoms with van der Waals surface area (Å²) < 4.78 is 11.6. The number of amides is 2. The van der Waals surface area contributed by atoms with Gasteiger partial charge >= 0.3 is 0 Å². The SMILES string of the molecule is CC1C=CC=CC1[C@H]1COc2cc(C(=O)NO)ccc2CN1C(=O)C1CCOCC1. The van der Waals surface area contributed by atoms with Crippen molar-refractivity contribution in [2.24, 2.45) is 17.8 Å². The van der Waals surface area contributed by atoms with Gasteiger partial charge in [-0.2, -0.15) is 0 Å². The van der Waals surface area contributed by atoms with Crippen molar-refractivity contribution in [2.45, 2.75) is 32.4 Å². The number of nitrogens with zero attached hydrogens (tertiary/aromatic N) is 1. The van der Waals surface area contributed by atoms with E-state index in [9.17, 15) is 9.59 Å². The van der Waals surface area contributed by atoms with Crippen LogP contribution in [0.3, 0.4) is 0 Å². The summed E-state index contributed by atoms with van der Waals surface area (Å²) in [6.07, 6.45) is 9.86. The lowest BCUT2D eigenvalue weighted by Gasteiger charge is -2.39. The third kappa shape index (κ3) is 4.13. The molecule has 2 aliphatic heterocycles. The fraction of sp³-hybridized carbons (Fsp3) is 0.478. The number of benzene rings is 1. The minimum absolute atomic E-state index is 0.0411. The first-order valence-electron chi connectivity index (χ1n) is 10.5. The number of ether oxygens (including phenoxy) is 2. The van der Waals surface area contributed by atoms with Gasteiger partial charge in [-0.3, -0.25) is 14.8 Å². The summed E-state index contributed by atoms with van der Waals surface area (Å²) in [5.41, 5.74) is 2.82. The van der Waals surface area contributed by atoms with Gasteiger partial charge in [0.05, 0.1) is 6.04 Å². The third-order valence-electron chi connectivity index (χ3n) is 6.35. The molecule has 0 saturated carbocycles. The van der Waals surface area contributed by atoms with Crippen molar-refractivity contribution in [3.63, 3.8) is 0 Å². The van der Waals surface area contributed by atoms with Crippen molar-refractivity contribution >= 4 is 11.8 Å². The molecule has 7 heteroatoms. The number of hydrogen-bond donors (Lipinski definition) is 2. The summed E-state index contributed by atoms with van der Waals surface area (Å²) >= 11 is 0. The quantitative estimate of drug-likeness (QED) is 0.589. The van der Waals surface area contributed by atoms with E-state index in [-0.39, 0.29) is 29.7 Å². The van der Waals surface area contributed by atoms with Gasteiger partial charge < -0.3 is 14.4 Å². The van der Waals surface area contributed by atoms with Crippen LogP contribution in [-0.2, 0) is 16.1 Å². The number of allylic oxidation sites excluding steroid dienone is 3. The smallest absolute Gasteiger partial charge is 0.274 e. The summed E-state index contributed by atoms with van der Waals surface area (Å²) in [6, 6.07) is 4.95. The Labute approximate surface area is 176 Å². The van der Waals surface area contributed by atoms with Crippen LogP contribution in [0.15, 0.2) is 42.5 Å². The highest BCUT2D eigenvalue weighted by Crippen LogP contribution is 2.34. The van der Waals surface area contributed by atoms with Crippen LogP contribution < -0.4 is 10.2 Å². The summed E-state index contributed by atoms with van der Waals surface area (Å²) in [5, 5.41) is 8.93. The molecule has 2 unspecified atom stereocenters. The van der Waals surface area contributed by atoms with E-state index in [1.54, 1.807) is 23.7 Å². The molecule has 7 nitrogen and oxygen atoms in total. The van der Waals surface area contributed by atoms with E-state index in [1.165, 1.54) is 0 Å². The Morgan fingerprint density at radius 2 is 1.93 bits per heavy atom. The molecule has 0 spiro atoms. The van der Waals surface area contributed by atoms with Crippen LogP contribution in [0, 0.1) is 17.8 Å². The number of fused-ring (bicyclic) bond motifs is 1. The second-order valence-corrected chi connectivity index (χ2v) is 8.20. The largest absolute Gasteiger partial charge is 0.491 e. The average Bonchev–Trinajstić information content (AvgIpc) is 2.98. The molecule has 0 radical (unpaired) electrons. The highest BCUT2D eigenvalue weighted by Gasteiger charge is 2.38. The Bertz CT molecular complexity index is 859. The van der Waals surface area contributed by atoms with E-state index < -0.39 is 5.91 Å². The second kappa shape index (κ2) is 9.02. The van der Waals surface area contributed by atoms with Gasteiger partial charge in [0.1, 0.15) is 12.4 Å². The zero-order chi connectivity index (χ0) is 21.1. The van der Waals surface area contributed by atoms with Gasteiger partial charge in [0, 0.05) is 42.7 Å². The molecule has 1 saturated heterocycles. The second-order valence-electron chi connectivity index (χ2n) is 8.20. The molecule has 0 aromatic heterocycles. The van der Waals surface area contributed by atoms with Crippen molar-refractivity contribution in [3.05, 3.63) is 53.6 Å². The normalized spacial score (nSPS) is 26.5. The topological polar surface area (TPSA) is 88.1 Å². The van der Waals surface area contributed by atoms with Gasteiger partial charge in [0.2, 0.25) is 5.91 Å². The predicted molar refractivity (Wildman–Crippen MR) is 110 cm³/mol. The van der Waals surface area contributed by atoms with Crippen LogP contribution in [0.25, 0.3) is 0 Å². The monoisotopic (exact) mass is 412 g/mol. The molecule has 1 aromatic carbocycles. The lowest BCUT2D eigenvalue weighted by molar-refractivity contribution is -0.143. The molecule has 2 heterocycles. The van der Waals surface area contributed by atoms with Crippen LogP contribution in [0.4, 0.5) is 0 Å². The maximum absolute atomic E-state index is 13.6. The Balaban J connectivity index is 1.66. The number of carbonyl (C=O) groups excluding carboxylic acids is 2. The molecule has 4 rings (SSSR count). The molecule has 1 fully saturated rings. The molecule has 2 N–H and O–H groups in total. The van der Waals surface area contributed by atoms with Crippen LogP contribution in [0.1, 0.15) is 35.7 Å². The maximum Gasteiger partial charge on any atom is 0.274 e. The zero-order valence-corrected chi connectivity index (χ0v) is 17.1. The summed E-state index contributed by atoms with van der Waals surface area (Å²) in [4.78, 5) is 27.4. The van der Waals surface area contributed by atoms with Gasteiger partial charge in [-0.05, 0) is 30.9 Å². The number of rotatable bonds is 3. The molecule has 0 bridgehead atoms. The van der Waals surface area contributed by atoms with E-state index in [0.29, 0.717) is 37.7 Å². The minimum Gasteiger partial charge on any atom is -0.491 e. The van der Waals surface area contributed by atoms with Crippen LogP contribution >= 0.6 is 0 Å². The Kier molecular flexibility index (Phi) is 6.20. The number of carbonyl (C=O) groups is 2. The molecular formula is C23H28N2O5. The lowest BCUT2D eigenvalue weighted by Crippen LogP contribution is -2.50. The molecule has 30 heavy (non-hydrogen) atoms. The first-order chi connectivity index (χ1) is 14.6. The molecule has 1 aliphatic carbocycles. The molecule has 3 atom stereocenters. The van der Waals surface area contributed by atoms with Crippen molar-refractivity contribution in [1.82, 2.24) is 10.4 Å². The number of nitrogens with one attached hydrogen (secondary N) is 1. The highest BCUT2D eigenvalue weighted by molar-refractivity contribution is 5.93. The minimum atomic E-state index is -0.591. The molecule has 160 valence electrons. The van der Waals surface area contributed by atoms with Crippen LogP contribution in [-0.4, -0.2) is 47.8 Å². The maximum atomic E-state index is 13.6. The lowest BCUT2D eigenvalue weighted by atomic mass is 9.83. The first-order valence-corrected chi connectivity index (χ1v) is 10.5. The van der Waals surface area contributed by atoms with Crippen molar-refractivity contribution in [1.29, 1.82) is 0 Å². The van der Waals surface area contributed by atoms with Gasteiger partial charge in [0.25, 0.3) is 5.91 Å². The van der Waals surface area contributed by atoms with E-state index in [4.69, 9.17) is 14.7 Å². The predicted octanol–water partition coefficient (Wildman–Crippen LogP) is 2.70. The summed E-state index contributed by atoms with van der Waals surface area (Å²) in [7, 11) is 0. The number of hydroxylamine groups is 1. The van der Waals surface area contributed by atoms with Gasteiger partial charge in [-0.15, -0.1) is 0 Å². The highest BCUT2D eigenvalue weighted by atomic mass is 16.5. The molecular weight excluding hydrogens is 384 g/mol. The fourth-order valence-electron chi connectivity index (χ4n) is 4.54. The third-order valence-corrected chi connectivity index (χ3v) is 6.35. The zero-order valence-electron chi connectivity index (χ0n) is 17.1. The van der Waals surface area contributed by atoms with Crippen LogP contribution in [0.2, 0.25) is 0 Å². The van der Waals surface area contributed by atoms with E-state index in [0.717, 1.165) is 18.4 Å². The molecule has 1 aromatic rings. The van der Waals surface area contributed by atoms with Gasteiger partial charge in [0.15, 0.2) is 0 Å². The first kappa shape index (κ1) is 20.6. The van der Waals surface area contributed by atoms with Crippen molar-refractivity contribution < 1.29 is 24.3 Å². The van der Waals surface area contributed by atoms with Gasteiger partial charge in [-0.25, -0.2) is 5.48 Å². The fourth-order valence-corrected chi connectivity index (χ4v) is 4.54. The Hall–Kier alpha value is -2.64. The summed E-state index contributed by atoms with van der Waals surface area (Å²) in [6.45, 7) is 4.16. The van der Waals surface area contributed by atoms with Crippen molar-refractivity contribution in [2.75, 3.05) is 19.8 Å². The molecule has 3 aliphatic rings.